The summed E-state index contributed by atoms with van der Waals surface area (Å²) in [5.41, 5.74) is 3.05. The van der Waals surface area contributed by atoms with Gasteiger partial charge in [-0.2, -0.15) is 0 Å². The molecule has 0 unspecified atom stereocenters. The molecule has 0 spiro atoms. The summed E-state index contributed by atoms with van der Waals surface area (Å²) in [5.74, 6) is 1.02. The average Bonchev–Trinajstić information content (AvgIpc) is 3.00. The molecule has 0 N–H and O–H groups in total. The smallest absolute Gasteiger partial charge is 0.186 e. The Morgan fingerprint density at radius 3 is 2.50 bits per heavy atom. The molecule has 1 saturated heterocycles. The quantitative estimate of drug-likeness (QED) is 0.728. The van der Waals surface area contributed by atoms with Gasteiger partial charge >= 0.3 is 0 Å². The first-order valence-corrected chi connectivity index (χ1v) is 7.84. The van der Waals surface area contributed by atoms with Gasteiger partial charge in [-0.05, 0) is 38.3 Å². The van der Waals surface area contributed by atoms with Gasteiger partial charge in [0.2, 0.25) is 0 Å². The molecule has 5 heteroatoms. The lowest BCUT2D eigenvalue weighted by Gasteiger charge is -2.27. The summed E-state index contributed by atoms with van der Waals surface area (Å²) in [4.78, 5) is 11.2. The normalized spacial score (nSPS) is 15.4. The van der Waals surface area contributed by atoms with Crippen molar-refractivity contribution >= 4 is 16.9 Å². The summed E-state index contributed by atoms with van der Waals surface area (Å²) < 4.78 is 1.90. The standard InChI is InChI=1S/C17H19N5/c1-13-5-7-14(8-6-13)22-11-15-16(20-22)18-12-19-17(15)21-9-3-2-4-10-21/h5-8,11-12H,2-4,9-10H2,1H3. The van der Waals surface area contributed by atoms with E-state index in [0.29, 0.717) is 0 Å². The lowest BCUT2D eigenvalue weighted by molar-refractivity contribution is 0.574. The fourth-order valence-electron chi connectivity index (χ4n) is 3.01. The number of piperidine rings is 1. The van der Waals surface area contributed by atoms with Gasteiger partial charge < -0.3 is 4.90 Å². The van der Waals surface area contributed by atoms with Crippen molar-refractivity contribution in [1.29, 1.82) is 0 Å². The third-order valence-electron chi connectivity index (χ3n) is 4.25. The minimum Gasteiger partial charge on any atom is -0.356 e. The summed E-state index contributed by atoms with van der Waals surface area (Å²) in [6.07, 6.45) is 7.45. The van der Waals surface area contributed by atoms with E-state index in [1.807, 2.05) is 10.9 Å². The molecule has 22 heavy (non-hydrogen) atoms. The fraction of sp³-hybridized carbons (Fsp3) is 0.353. The summed E-state index contributed by atoms with van der Waals surface area (Å²) in [6, 6.07) is 8.35. The molecular formula is C17H19N5. The molecule has 0 saturated carbocycles. The lowest BCUT2D eigenvalue weighted by atomic mass is 10.1. The van der Waals surface area contributed by atoms with Crippen LogP contribution in [0.5, 0.6) is 0 Å². The van der Waals surface area contributed by atoms with E-state index in [-0.39, 0.29) is 0 Å². The van der Waals surface area contributed by atoms with Crippen molar-refractivity contribution in [3.63, 3.8) is 0 Å². The second-order valence-electron chi connectivity index (χ2n) is 5.89. The molecule has 3 heterocycles. The molecule has 0 aliphatic carbocycles. The van der Waals surface area contributed by atoms with Gasteiger partial charge in [0.15, 0.2) is 5.65 Å². The topological polar surface area (TPSA) is 46.8 Å². The van der Waals surface area contributed by atoms with Crippen molar-refractivity contribution in [1.82, 2.24) is 19.7 Å². The van der Waals surface area contributed by atoms with Gasteiger partial charge in [-0.3, -0.25) is 0 Å². The van der Waals surface area contributed by atoms with E-state index in [9.17, 15) is 0 Å². The van der Waals surface area contributed by atoms with Crippen molar-refractivity contribution < 1.29 is 0 Å². The van der Waals surface area contributed by atoms with E-state index in [4.69, 9.17) is 0 Å². The third kappa shape index (κ3) is 2.32. The monoisotopic (exact) mass is 293 g/mol. The van der Waals surface area contributed by atoms with E-state index >= 15 is 0 Å². The number of anilines is 1. The van der Waals surface area contributed by atoms with E-state index in [2.05, 4.69) is 51.2 Å². The first-order chi connectivity index (χ1) is 10.8. The molecule has 1 aliphatic heterocycles. The number of aromatic nitrogens is 4. The minimum absolute atomic E-state index is 0.760. The number of benzene rings is 1. The Morgan fingerprint density at radius 2 is 1.73 bits per heavy atom. The molecule has 112 valence electrons. The van der Waals surface area contributed by atoms with E-state index in [0.717, 1.165) is 35.6 Å². The highest BCUT2D eigenvalue weighted by atomic mass is 15.3. The van der Waals surface area contributed by atoms with Crippen LogP contribution in [0.25, 0.3) is 16.7 Å². The first-order valence-electron chi connectivity index (χ1n) is 7.84. The lowest BCUT2D eigenvalue weighted by Crippen LogP contribution is -2.30. The SMILES string of the molecule is Cc1ccc(-n2cc3c(N4CCCCC4)ncnc3n2)cc1. The summed E-state index contributed by atoms with van der Waals surface area (Å²) in [6.45, 7) is 4.23. The van der Waals surface area contributed by atoms with Crippen LogP contribution in [-0.2, 0) is 0 Å². The maximum absolute atomic E-state index is 4.61. The van der Waals surface area contributed by atoms with Gasteiger partial charge in [0.25, 0.3) is 0 Å². The Kier molecular flexibility index (Phi) is 3.25. The van der Waals surface area contributed by atoms with Crippen LogP contribution >= 0.6 is 0 Å². The van der Waals surface area contributed by atoms with Crippen molar-refractivity contribution in [3.05, 3.63) is 42.4 Å². The maximum atomic E-state index is 4.61. The van der Waals surface area contributed by atoms with Crippen LogP contribution in [0, 0.1) is 6.92 Å². The Hall–Kier alpha value is -2.43. The van der Waals surface area contributed by atoms with Gasteiger partial charge in [-0.15, -0.1) is 5.10 Å². The van der Waals surface area contributed by atoms with Crippen molar-refractivity contribution in [3.8, 4) is 5.69 Å². The van der Waals surface area contributed by atoms with E-state index in [1.54, 1.807) is 6.33 Å². The van der Waals surface area contributed by atoms with E-state index < -0.39 is 0 Å². The second-order valence-corrected chi connectivity index (χ2v) is 5.89. The van der Waals surface area contributed by atoms with Crippen LogP contribution in [0.1, 0.15) is 24.8 Å². The molecule has 1 fully saturated rings. The van der Waals surface area contributed by atoms with Crippen molar-refractivity contribution in [2.75, 3.05) is 18.0 Å². The van der Waals surface area contributed by atoms with Crippen LogP contribution < -0.4 is 4.90 Å². The molecule has 5 nitrogen and oxygen atoms in total. The highest BCUT2D eigenvalue weighted by Crippen LogP contribution is 2.26. The van der Waals surface area contributed by atoms with Gasteiger partial charge in [0.05, 0.1) is 11.1 Å². The van der Waals surface area contributed by atoms with Crippen LogP contribution in [0.15, 0.2) is 36.8 Å². The van der Waals surface area contributed by atoms with Gasteiger partial charge in [-0.25, -0.2) is 14.6 Å². The van der Waals surface area contributed by atoms with Crippen molar-refractivity contribution in [2.24, 2.45) is 0 Å². The Balaban J connectivity index is 1.78. The van der Waals surface area contributed by atoms with E-state index in [1.165, 1.54) is 24.8 Å². The molecule has 0 atom stereocenters. The highest BCUT2D eigenvalue weighted by Gasteiger charge is 2.17. The molecule has 0 radical (unpaired) electrons. The van der Waals surface area contributed by atoms with Crippen LogP contribution in [0.2, 0.25) is 0 Å². The number of hydrogen-bond donors (Lipinski definition) is 0. The zero-order valence-corrected chi connectivity index (χ0v) is 12.7. The molecule has 3 aromatic rings. The third-order valence-corrected chi connectivity index (χ3v) is 4.25. The largest absolute Gasteiger partial charge is 0.356 e. The summed E-state index contributed by atoms with van der Waals surface area (Å²) >= 11 is 0. The molecular weight excluding hydrogens is 274 g/mol. The number of hydrogen-bond acceptors (Lipinski definition) is 4. The fourth-order valence-corrected chi connectivity index (χ4v) is 3.01. The maximum Gasteiger partial charge on any atom is 0.186 e. The van der Waals surface area contributed by atoms with Crippen LogP contribution in [0.4, 0.5) is 5.82 Å². The number of aryl methyl sites for hydroxylation is 1. The van der Waals surface area contributed by atoms with Gasteiger partial charge in [0, 0.05) is 19.3 Å². The molecule has 4 rings (SSSR count). The molecule has 0 amide bonds. The number of nitrogens with zero attached hydrogens (tertiary/aromatic N) is 5. The predicted molar refractivity (Wildman–Crippen MR) is 87.5 cm³/mol. The zero-order chi connectivity index (χ0) is 14.9. The first kappa shape index (κ1) is 13.2. The average molecular weight is 293 g/mol. The second kappa shape index (κ2) is 5.40. The van der Waals surface area contributed by atoms with Crippen molar-refractivity contribution in [2.45, 2.75) is 26.2 Å². The molecule has 2 aromatic heterocycles. The summed E-state index contributed by atoms with van der Waals surface area (Å²) in [5, 5.41) is 5.64. The number of rotatable bonds is 2. The minimum atomic E-state index is 0.760. The molecule has 0 bridgehead atoms. The van der Waals surface area contributed by atoms with Gasteiger partial charge in [0.1, 0.15) is 12.1 Å². The number of fused-ring (bicyclic) bond motifs is 1. The zero-order valence-electron chi connectivity index (χ0n) is 12.7. The Bertz CT molecular complexity index is 784. The molecule has 1 aromatic carbocycles. The summed E-state index contributed by atoms with van der Waals surface area (Å²) in [7, 11) is 0. The van der Waals surface area contributed by atoms with Crippen LogP contribution in [-0.4, -0.2) is 32.8 Å². The molecule has 1 aliphatic rings. The highest BCUT2D eigenvalue weighted by molar-refractivity contribution is 5.86. The van der Waals surface area contributed by atoms with Gasteiger partial charge in [-0.1, -0.05) is 17.7 Å². The predicted octanol–water partition coefficient (Wildman–Crippen LogP) is 3.11. The Labute approximate surface area is 129 Å². The van der Waals surface area contributed by atoms with Crippen LogP contribution in [0.3, 0.4) is 0 Å². The Morgan fingerprint density at radius 1 is 0.955 bits per heavy atom.